The predicted octanol–water partition coefficient (Wildman–Crippen LogP) is 5.39. The molecule has 1 amide bonds. The molecule has 8 nitrogen and oxygen atoms in total. The van der Waals surface area contributed by atoms with Crippen molar-refractivity contribution in [3.63, 3.8) is 0 Å². The number of aromatic nitrogens is 1. The number of allylic oxidation sites excluding steroid dienone is 1. The van der Waals surface area contributed by atoms with E-state index >= 15 is 0 Å². The van der Waals surface area contributed by atoms with Crippen LogP contribution in [-0.2, 0) is 11.4 Å². The Morgan fingerprint density at radius 2 is 1.86 bits per heavy atom. The second kappa shape index (κ2) is 12.6. The summed E-state index contributed by atoms with van der Waals surface area (Å²) in [5.41, 5.74) is 3.47. The summed E-state index contributed by atoms with van der Waals surface area (Å²) in [5.74, 6) is 0.706. The molecule has 1 atom stereocenters. The molecular formula is C34H26N4O4S2. The highest BCUT2D eigenvalue weighted by Gasteiger charge is 2.33. The molecule has 0 aliphatic carbocycles. The van der Waals surface area contributed by atoms with Crippen LogP contribution in [0.3, 0.4) is 0 Å². The number of hydrogen-bond donors (Lipinski definition) is 1. The summed E-state index contributed by atoms with van der Waals surface area (Å²) in [5, 5.41) is 14.3. The molecule has 0 saturated heterocycles. The molecule has 3 aromatic carbocycles. The molecule has 1 N–H and O–H groups in total. The van der Waals surface area contributed by atoms with Gasteiger partial charge in [0.15, 0.2) is 16.3 Å². The van der Waals surface area contributed by atoms with E-state index in [4.69, 9.17) is 14.5 Å². The molecule has 1 aliphatic rings. The van der Waals surface area contributed by atoms with Gasteiger partial charge in [-0.2, -0.15) is 5.26 Å². The molecule has 6 rings (SSSR count). The fourth-order valence-electron chi connectivity index (χ4n) is 5.00. The van der Waals surface area contributed by atoms with Gasteiger partial charge in [-0.25, -0.2) is 4.99 Å². The summed E-state index contributed by atoms with van der Waals surface area (Å²) in [7, 11) is 1.55. The van der Waals surface area contributed by atoms with Crippen molar-refractivity contribution in [2.24, 2.45) is 4.99 Å². The van der Waals surface area contributed by atoms with Crippen LogP contribution in [0.5, 0.6) is 11.5 Å². The van der Waals surface area contributed by atoms with Crippen molar-refractivity contribution in [2.45, 2.75) is 19.6 Å². The Morgan fingerprint density at radius 1 is 1.07 bits per heavy atom. The van der Waals surface area contributed by atoms with Gasteiger partial charge in [-0.15, -0.1) is 11.3 Å². The highest BCUT2D eigenvalue weighted by atomic mass is 32.1. The lowest BCUT2D eigenvalue weighted by atomic mass is 10.0. The molecular weight excluding hydrogens is 593 g/mol. The average Bonchev–Trinajstić information content (AvgIpc) is 3.68. The number of nitrogens with zero attached hydrogens (tertiary/aromatic N) is 3. The zero-order valence-electron chi connectivity index (χ0n) is 23.8. The van der Waals surface area contributed by atoms with Gasteiger partial charge in [0.25, 0.3) is 11.5 Å². The fraction of sp³-hybridized carbons (Fsp3) is 0.118. The highest BCUT2D eigenvalue weighted by Crippen LogP contribution is 2.33. The molecule has 0 fully saturated rings. The minimum atomic E-state index is -0.612. The molecule has 2 aromatic heterocycles. The maximum Gasteiger partial charge on any atom is 0.271 e. The maximum atomic E-state index is 13.9. The standard InChI is InChI=1S/C34H26N4O4S2/c1-21-30(32(39)37-25-11-4-3-5-12-25)31(28-13-8-16-43-28)38-33(40)29(44-34(38)36-21)18-22-14-15-26(27(17-22)41-2)42-20-24-10-7-6-9-23(24)19-35/h3-18,31H,20H2,1-2H3,(H,37,39)/b29-18+/t31-/m1/s1. The Morgan fingerprint density at radius 3 is 2.61 bits per heavy atom. The summed E-state index contributed by atoms with van der Waals surface area (Å²) in [6, 6.07) is 27.3. The zero-order valence-corrected chi connectivity index (χ0v) is 25.4. The summed E-state index contributed by atoms with van der Waals surface area (Å²) >= 11 is 2.76. The third kappa shape index (κ3) is 5.71. The van der Waals surface area contributed by atoms with Gasteiger partial charge < -0.3 is 14.8 Å². The molecule has 0 radical (unpaired) electrons. The number of anilines is 1. The smallest absolute Gasteiger partial charge is 0.271 e. The van der Waals surface area contributed by atoms with Gasteiger partial charge in [-0.1, -0.05) is 59.9 Å². The van der Waals surface area contributed by atoms with Gasteiger partial charge in [-0.05, 0) is 60.3 Å². The Kier molecular flexibility index (Phi) is 8.23. The number of rotatable bonds is 8. The minimum Gasteiger partial charge on any atom is -0.493 e. The van der Waals surface area contributed by atoms with Crippen LogP contribution < -0.4 is 29.7 Å². The first-order valence-corrected chi connectivity index (χ1v) is 15.4. The van der Waals surface area contributed by atoms with Crippen molar-refractivity contribution in [2.75, 3.05) is 12.4 Å². The van der Waals surface area contributed by atoms with Crippen LogP contribution in [0, 0.1) is 11.3 Å². The van der Waals surface area contributed by atoms with E-state index in [0.29, 0.717) is 43.4 Å². The zero-order chi connectivity index (χ0) is 30.6. The maximum absolute atomic E-state index is 13.9. The van der Waals surface area contributed by atoms with Crippen LogP contribution in [0.15, 0.2) is 111 Å². The third-order valence-corrected chi connectivity index (χ3v) is 9.02. The number of carbonyl (C=O) groups excluding carboxylic acids is 1. The second-order valence-electron chi connectivity index (χ2n) is 9.89. The number of benzene rings is 3. The van der Waals surface area contributed by atoms with Gasteiger partial charge in [0.1, 0.15) is 12.6 Å². The fourth-order valence-corrected chi connectivity index (χ4v) is 6.87. The summed E-state index contributed by atoms with van der Waals surface area (Å²) < 4.78 is 13.7. The van der Waals surface area contributed by atoms with E-state index in [2.05, 4.69) is 11.4 Å². The summed E-state index contributed by atoms with van der Waals surface area (Å²) in [4.78, 5) is 33.6. The first-order valence-electron chi connectivity index (χ1n) is 13.7. The van der Waals surface area contributed by atoms with E-state index < -0.39 is 6.04 Å². The first kappa shape index (κ1) is 28.9. The molecule has 218 valence electrons. The van der Waals surface area contributed by atoms with Crippen LogP contribution in [0.25, 0.3) is 6.08 Å². The Hall–Kier alpha value is -5.24. The lowest BCUT2D eigenvalue weighted by Gasteiger charge is -2.24. The van der Waals surface area contributed by atoms with Crippen LogP contribution >= 0.6 is 22.7 Å². The van der Waals surface area contributed by atoms with E-state index in [9.17, 15) is 14.9 Å². The van der Waals surface area contributed by atoms with E-state index in [0.717, 1.165) is 16.0 Å². The first-order chi connectivity index (χ1) is 21.5. The van der Waals surface area contributed by atoms with Crippen molar-refractivity contribution in [3.8, 4) is 17.6 Å². The summed E-state index contributed by atoms with van der Waals surface area (Å²) in [6.07, 6.45) is 1.79. The van der Waals surface area contributed by atoms with Crippen molar-refractivity contribution in [3.05, 3.63) is 143 Å². The van der Waals surface area contributed by atoms with Crippen LogP contribution in [0.1, 0.15) is 34.5 Å². The van der Waals surface area contributed by atoms with E-state index in [1.54, 1.807) is 42.9 Å². The Labute approximate surface area is 261 Å². The number of thiazole rings is 1. The topological polar surface area (TPSA) is 106 Å². The molecule has 0 bridgehead atoms. The van der Waals surface area contributed by atoms with Crippen LogP contribution in [0.4, 0.5) is 5.69 Å². The quantitative estimate of drug-likeness (QED) is 0.251. The van der Waals surface area contributed by atoms with Gasteiger partial charge in [0.2, 0.25) is 0 Å². The number of amides is 1. The van der Waals surface area contributed by atoms with Gasteiger partial charge >= 0.3 is 0 Å². The lowest BCUT2D eigenvalue weighted by molar-refractivity contribution is -0.113. The van der Waals surface area contributed by atoms with Crippen LogP contribution in [-0.4, -0.2) is 17.6 Å². The van der Waals surface area contributed by atoms with Crippen molar-refractivity contribution < 1.29 is 14.3 Å². The van der Waals surface area contributed by atoms with Gasteiger partial charge in [0.05, 0.1) is 34.5 Å². The number of para-hydroxylation sites is 1. The van der Waals surface area contributed by atoms with Crippen molar-refractivity contribution >= 4 is 40.3 Å². The number of fused-ring (bicyclic) bond motifs is 1. The molecule has 44 heavy (non-hydrogen) atoms. The number of nitrogens with one attached hydrogen (secondary N) is 1. The number of ether oxygens (including phenoxy) is 2. The normalized spacial score (nSPS) is 14.4. The number of nitriles is 1. The van der Waals surface area contributed by atoms with E-state index in [-0.39, 0.29) is 18.1 Å². The van der Waals surface area contributed by atoms with Gasteiger partial charge in [0, 0.05) is 16.1 Å². The third-order valence-electron chi connectivity index (χ3n) is 7.12. The molecule has 0 unspecified atom stereocenters. The summed E-state index contributed by atoms with van der Waals surface area (Å²) in [6.45, 7) is 2.01. The number of carbonyl (C=O) groups is 1. The number of methoxy groups -OCH3 is 1. The van der Waals surface area contributed by atoms with Crippen molar-refractivity contribution in [1.29, 1.82) is 5.26 Å². The van der Waals surface area contributed by atoms with E-state index in [1.165, 1.54) is 22.7 Å². The minimum absolute atomic E-state index is 0.209. The number of thiophene rings is 1. The lowest BCUT2D eigenvalue weighted by Crippen LogP contribution is -2.40. The molecule has 0 spiro atoms. The van der Waals surface area contributed by atoms with Crippen molar-refractivity contribution in [1.82, 2.24) is 4.57 Å². The van der Waals surface area contributed by atoms with E-state index in [1.807, 2.05) is 72.1 Å². The second-order valence-corrected chi connectivity index (χ2v) is 11.9. The monoisotopic (exact) mass is 618 g/mol. The predicted molar refractivity (Wildman–Crippen MR) is 172 cm³/mol. The largest absolute Gasteiger partial charge is 0.493 e. The Bertz CT molecular complexity index is 2110. The molecule has 10 heteroatoms. The van der Waals surface area contributed by atoms with Crippen LogP contribution in [0.2, 0.25) is 0 Å². The SMILES string of the molecule is COc1cc(/C=c2/sc3n(c2=O)[C@H](c2cccs2)C(C(=O)Nc2ccccc2)=C(C)N=3)ccc1OCc1ccccc1C#N. The number of hydrogen-bond acceptors (Lipinski definition) is 8. The van der Waals surface area contributed by atoms with Gasteiger partial charge in [-0.3, -0.25) is 14.2 Å². The highest BCUT2D eigenvalue weighted by molar-refractivity contribution is 7.10. The molecule has 5 aromatic rings. The Balaban J connectivity index is 1.35. The molecule has 3 heterocycles. The molecule has 1 aliphatic heterocycles. The average molecular weight is 619 g/mol. The molecule has 0 saturated carbocycles.